The number of imidazole rings is 1. The molecule has 3 aromatic rings. The van der Waals surface area contributed by atoms with E-state index < -0.39 is 0 Å². The summed E-state index contributed by atoms with van der Waals surface area (Å²) in [6.45, 7) is 5.21. The lowest BCUT2D eigenvalue weighted by molar-refractivity contribution is 0.447. The summed E-state index contributed by atoms with van der Waals surface area (Å²) in [7, 11) is 0. The number of aromatic amines is 1. The molecule has 0 amide bonds. The number of nitrogens with one attached hydrogen (secondary N) is 1. The number of para-hydroxylation sites is 1. The van der Waals surface area contributed by atoms with E-state index in [0.29, 0.717) is 10.3 Å². The Morgan fingerprint density at radius 1 is 1.33 bits per heavy atom. The Hall–Kier alpha value is -1.90. The van der Waals surface area contributed by atoms with Crippen LogP contribution in [0.2, 0.25) is 0 Å². The fourth-order valence-corrected chi connectivity index (χ4v) is 3.68. The van der Waals surface area contributed by atoms with Gasteiger partial charge < -0.3 is 9.55 Å². The fourth-order valence-electron chi connectivity index (χ4n) is 2.57. The molecule has 0 atom stereocenters. The van der Waals surface area contributed by atoms with Crippen molar-refractivity contribution in [3.05, 3.63) is 50.9 Å². The van der Waals surface area contributed by atoms with Crippen molar-refractivity contribution in [3.63, 3.8) is 0 Å². The maximum Gasteiger partial charge on any atom is 0.178 e. The van der Waals surface area contributed by atoms with Crippen molar-refractivity contribution >= 4 is 34.6 Å². The molecule has 2 heterocycles. The number of fused-ring (bicyclic) bond motifs is 1. The summed E-state index contributed by atoms with van der Waals surface area (Å²) in [5.74, 6) is 0. The first-order valence-electron chi connectivity index (χ1n) is 6.68. The first-order valence-corrected chi connectivity index (χ1v) is 7.97. The molecular formula is C16H15N3S2. The van der Waals surface area contributed by atoms with E-state index in [2.05, 4.69) is 47.0 Å². The van der Waals surface area contributed by atoms with E-state index in [4.69, 9.17) is 12.2 Å². The molecule has 3 nitrogen and oxygen atoms in total. The number of thiophene rings is 1. The van der Waals surface area contributed by atoms with Crippen LogP contribution in [0.1, 0.15) is 24.3 Å². The van der Waals surface area contributed by atoms with Crippen LogP contribution in [0.15, 0.2) is 35.7 Å². The van der Waals surface area contributed by atoms with Gasteiger partial charge in [0.05, 0.1) is 16.6 Å². The summed E-state index contributed by atoms with van der Waals surface area (Å²) in [6, 6.07) is 12.2. The summed E-state index contributed by atoms with van der Waals surface area (Å²) in [5.41, 5.74) is 2.44. The first kappa shape index (κ1) is 14.1. The number of nitrogens with zero attached hydrogens (tertiary/aromatic N) is 2. The van der Waals surface area contributed by atoms with E-state index >= 15 is 0 Å². The summed E-state index contributed by atoms with van der Waals surface area (Å²) >= 11 is 7.22. The molecular weight excluding hydrogens is 298 g/mol. The lowest BCUT2D eigenvalue weighted by atomic mass is 9.91. The van der Waals surface area contributed by atoms with Crippen molar-refractivity contribution in [3.8, 4) is 6.07 Å². The van der Waals surface area contributed by atoms with Crippen LogP contribution < -0.4 is 0 Å². The zero-order valence-corrected chi connectivity index (χ0v) is 13.5. The predicted octanol–water partition coefficient (Wildman–Crippen LogP) is 4.61. The number of rotatable bonds is 3. The van der Waals surface area contributed by atoms with E-state index in [1.54, 1.807) is 11.3 Å². The standard InChI is InChI=1S/C16H15N3S2/c1-16(2,13-7-4-8-21-13)10-19-12-6-3-5-11(9-17)14(12)18-15(19)20/h3-8H,10H2,1-2H3,(H,18,20). The molecule has 1 aromatic carbocycles. The Balaban J connectivity index is 2.12. The molecule has 0 unspecified atom stereocenters. The van der Waals surface area contributed by atoms with Gasteiger partial charge in [-0.15, -0.1) is 11.3 Å². The average Bonchev–Trinajstić information content (AvgIpc) is 3.08. The van der Waals surface area contributed by atoms with Crippen LogP contribution in [-0.4, -0.2) is 9.55 Å². The minimum absolute atomic E-state index is 0.00976. The third-order valence-electron chi connectivity index (χ3n) is 3.67. The molecule has 0 radical (unpaired) electrons. The van der Waals surface area contributed by atoms with Crippen molar-refractivity contribution < 1.29 is 0 Å². The molecule has 2 aromatic heterocycles. The van der Waals surface area contributed by atoms with E-state index in [1.165, 1.54) is 4.88 Å². The number of hydrogen-bond acceptors (Lipinski definition) is 3. The van der Waals surface area contributed by atoms with Gasteiger partial charge in [-0.25, -0.2) is 0 Å². The van der Waals surface area contributed by atoms with Gasteiger partial charge in [0.15, 0.2) is 4.77 Å². The maximum absolute atomic E-state index is 9.21. The maximum atomic E-state index is 9.21. The van der Waals surface area contributed by atoms with Crippen LogP contribution in [0.5, 0.6) is 0 Å². The second-order valence-corrected chi connectivity index (χ2v) is 7.02. The van der Waals surface area contributed by atoms with Crippen LogP contribution in [-0.2, 0) is 12.0 Å². The van der Waals surface area contributed by atoms with Crippen molar-refractivity contribution in [2.75, 3.05) is 0 Å². The molecule has 0 saturated heterocycles. The number of H-pyrrole nitrogens is 1. The normalized spacial score (nSPS) is 11.7. The Morgan fingerprint density at radius 3 is 2.81 bits per heavy atom. The second-order valence-electron chi connectivity index (χ2n) is 5.69. The summed E-state index contributed by atoms with van der Waals surface area (Å²) in [5, 5.41) is 11.3. The third-order valence-corrected chi connectivity index (χ3v) is 5.23. The van der Waals surface area contributed by atoms with E-state index in [9.17, 15) is 5.26 Å². The predicted molar refractivity (Wildman–Crippen MR) is 89.2 cm³/mol. The van der Waals surface area contributed by atoms with Gasteiger partial charge in [0.1, 0.15) is 6.07 Å². The highest BCUT2D eigenvalue weighted by molar-refractivity contribution is 7.71. The molecule has 0 aliphatic rings. The summed E-state index contributed by atoms with van der Waals surface area (Å²) in [6.07, 6.45) is 0. The van der Waals surface area contributed by atoms with E-state index in [-0.39, 0.29) is 5.41 Å². The lowest BCUT2D eigenvalue weighted by Gasteiger charge is -2.24. The van der Waals surface area contributed by atoms with Crippen LogP contribution in [0.3, 0.4) is 0 Å². The SMILES string of the molecule is CC(C)(Cn1c(=S)[nH]c2c(C#N)cccc21)c1cccs1. The molecule has 5 heteroatoms. The molecule has 21 heavy (non-hydrogen) atoms. The summed E-state index contributed by atoms with van der Waals surface area (Å²) < 4.78 is 2.75. The zero-order chi connectivity index (χ0) is 15.0. The topological polar surface area (TPSA) is 44.5 Å². The highest BCUT2D eigenvalue weighted by atomic mass is 32.1. The zero-order valence-electron chi connectivity index (χ0n) is 11.9. The fraction of sp³-hybridized carbons (Fsp3) is 0.250. The van der Waals surface area contributed by atoms with Crippen molar-refractivity contribution in [2.45, 2.75) is 25.8 Å². The van der Waals surface area contributed by atoms with E-state index in [1.807, 2.05) is 18.2 Å². The van der Waals surface area contributed by atoms with Crippen LogP contribution in [0.4, 0.5) is 0 Å². The van der Waals surface area contributed by atoms with Crippen LogP contribution >= 0.6 is 23.6 Å². The smallest absolute Gasteiger partial charge is 0.178 e. The Kier molecular flexibility index (Phi) is 3.44. The largest absolute Gasteiger partial charge is 0.329 e. The quantitative estimate of drug-likeness (QED) is 0.718. The molecule has 3 rings (SSSR count). The van der Waals surface area contributed by atoms with Gasteiger partial charge in [-0.2, -0.15) is 5.26 Å². The Morgan fingerprint density at radius 2 is 2.14 bits per heavy atom. The van der Waals surface area contributed by atoms with Gasteiger partial charge in [0, 0.05) is 16.8 Å². The highest BCUT2D eigenvalue weighted by Gasteiger charge is 2.24. The van der Waals surface area contributed by atoms with Gasteiger partial charge in [-0.3, -0.25) is 0 Å². The molecule has 0 spiro atoms. The molecule has 0 aliphatic carbocycles. The molecule has 1 N–H and O–H groups in total. The monoisotopic (exact) mass is 313 g/mol. The molecule has 0 fully saturated rings. The van der Waals surface area contributed by atoms with Crippen LogP contribution in [0.25, 0.3) is 11.0 Å². The first-order chi connectivity index (χ1) is 10.0. The average molecular weight is 313 g/mol. The minimum Gasteiger partial charge on any atom is -0.329 e. The van der Waals surface area contributed by atoms with Gasteiger partial charge in [-0.1, -0.05) is 26.0 Å². The van der Waals surface area contributed by atoms with Crippen molar-refractivity contribution in [1.82, 2.24) is 9.55 Å². The number of hydrogen-bond donors (Lipinski definition) is 1. The third kappa shape index (κ3) is 2.41. The van der Waals surface area contributed by atoms with Crippen LogP contribution in [0, 0.1) is 16.1 Å². The number of aromatic nitrogens is 2. The highest BCUT2D eigenvalue weighted by Crippen LogP contribution is 2.31. The Labute approximate surface area is 132 Å². The van der Waals surface area contributed by atoms with E-state index in [0.717, 1.165) is 17.6 Å². The van der Waals surface area contributed by atoms with Gasteiger partial charge in [0.2, 0.25) is 0 Å². The summed E-state index contributed by atoms with van der Waals surface area (Å²) in [4.78, 5) is 4.50. The minimum atomic E-state index is -0.00976. The number of nitriles is 1. The van der Waals surface area contributed by atoms with Gasteiger partial charge >= 0.3 is 0 Å². The van der Waals surface area contributed by atoms with Gasteiger partial charge in [-0.05, 0) is 35.8 Å². The molecule has 0 aliphatic heterocycles. The molecule has 106 valence electrons. The van der Waals surface area contributed by atoms with Gasteiger partial charge in [0.25, 0.3) is 0 Å². The van der Waals surface area contributed by atoms with Crippen molar-refractivity contribution in [1.29, 1.82) is 5.26 Å². The Bertz CT molecular complexity index is 877. The lowest BCUT2D eigenvalue weighted by Crippen LogP contribution is -2.23. The molecule has 0 bridgehead atoms. The second kappa shape index (κ2) is 5.14. The molecule has 0 saturated carbocycles. The van der Waals surface area contributed by atoms with Crippen molar-refractivity contribution in [2.24, 2.45) is 0 Å². The number of benzene rings is 1.